The maximum absolute atomic E-state index is 12.5. The van der Waals surface area contributed by atoms with Crippen LogP contribution in [0.5, 0.6) is 5.75 Å². The van der Waals surface area contributed by atoms with Crippen molar-refractivity contribution in [1.82, 2.24) is 10.9 Å². The van der Waals surface area contributed by atoms with E-state index in [1.807, 2.05) is 0 Å². The molecule has 3 N–H and O–H groups in total. The lowest BCUT2D eigenvalue weighted by atomic mass is 10.1. The molecule has 1 amide bonds. The molecule has 0 unspecified atom stereocenters. The summed E-state index contributed by atoms with van der Waals surface area (Å²) >= 11 is 4.02. The van der Waals surface area contributed by atoms with Gasteiger partial charge in [0.2, 0.25) is 0 Å². The van der Waals surface area contributed by atoms with Crippen molar-refractivity contribution in [1.29, 1.82) is 0 Å². The summed E-state index contributed by atoms with van der Waals surface area (Å²) in [5.74, 6) is -2.11. The minimum absolute atomic E-state index is 0.0588. The Hall–Kier alpha value is -2.85. The van der Waals surface area contributed by atoms with Gasteiger partial charge in [-0.1, -0.05) is 0 Å². The normalized spacial score (nSPS) is 11.8. The summed E-state index contributed by atoms with van der Waals surface area (Å²) in [6, 6.07) is 2.62. The molecule has 0 spiro atoms. The summed E-state index contributed by atoms with van der Waals surface area (Å²) in [7, 11) is 0. The number of fused-ring (bicyclic) bond motifs is 1. The molecule has 10 heteroatoms. The van der Waals surface area contributed by atoms with Crippen molar-refractivity contribution in [3.05, 3.63) is 39.7 Å². The van der Waals surface area contributed by atoms with Gasteiger partial charge in [0, 0.05) is 17.2 Å². The average Bonchev–Trinajstić information content (AvgIpc) is 2.60. The Labute approximate surface area is 159 Å². The third kappa shape index (κ3) is 4.66. The molecule has 0 fully saturated rings. The van der Waals surface area contributed by atoms with Crippen molar-refractivity contribution in [2.75, 3.05) is 12.4 Å². The molecule has 1 aromatic carbocycles. The van der Waals surface area contributed by atoms with Gasteiger partial charge in [-0.25, -0.2) is 10.2 Å². The van der Waals surface area contributed by atoms with Crippen molar-refractivity contribution < 1.29 is 28.6 Å². The van der Waals surface area contributed by atoms with Crippen LogP contribution in [0.4, 0.5) is 0 Å². The SMILES string of the molecule is CCOC(=O)[C@H](CS)NNC(=O)c1cc(O)cc2oc(=O)c(C(C)=O)cc12. The molecule has 144 valence electrons. The third-order valence-corrected chi connectivity index (χ3v) is 3.94. The van der Waals surface area contributed by atoms with Crippen molar-refractivity contribution in [3.8, 4) is 5.75 Å². The second kappa shape index (κ2) is 8.69. The van der Waals surface area contributed by atoms with Gasteiger partial charge in [-0.15, -0.1) is 0 Å². The number of aromatic hydroxyl groups is 1. The molecule has 0 saturated carbocycles. The number of nitrogens with one attached hydrogen (secondary N) is 2. The van der Waals surface area contributed by atoms with E-state index in [2.05, 4.69) is 23.5 Å². The van der Waals surface area contributed by atoms with Gasteiger partial charge in [0.25, 0.3) is 5.91 Å². The van der Waals surface area contributed by atoms with Crippen LogP contribution in [0.15, 0.2) is 27.4 Å². The first-order valence-corrected chi connectivity index (χ1v) is 8.56. The van der Waals surface area contributed by atoms with E-state index >= 15 is 0 Å². The Morgan fingerprint density at radius 3 is 2.56 bits per heavy atom. The minimum atomic E-state index is -0.897. The quantitative estimate of drug-likeness (QED) is 0.178. The van der Waals surface area contributed by atoms with Gasteiger partial charge in [-0.05, 0) is 26.0 Å². The molecule has 0 radical (unpaired) electrons. The predicted octanol–water partition coefficient (Wildman–Crippen LogP) is 0.797. The van der Waals surface area contributed by atoms with Crippen LogP contribution in [0.3, 0.4) is 0 Å². The number of rotatable bonds is 7. The monoisotopic (exact) mass is 394 g/mol. The van der Waals surface area contributed by atoms with Crippen molar-refractivity contribution >= 4 is 41.3 Å². The summed E-state index contributed by atoms with van der Waals surface area (Å²) in [4.78, 5) is 47.6. The number of ketones is 1. The number of carbonyl (C=O) groups excluding carboxylic acids is 3. The molecule has 1 atom stereocenters. The molecule has 27 heavy (non-hydrogen) atoms. The Morgan fingerprint density at radius 2 is 1.96 bits per heavy atom. The number of phenols is 1. The first kappa shape index (κ1) is 20.5. The Bertz CT molecular complexity index is 954. The first-order chi connectivity index (χ1) is 12.8. The number of hydrogen-bond donors (Lipinski definition) is 4. The fourth-order valence-corrected chi connectivity index (χ4v) is 2.52. The molecule has 0 aliphatic heterocycles. The third-order valence-electron chi connectivity index (χ3n) is 3.58. The first-order valence-electron chi connectivity index (χ1n) is 7.93. The van der Waals surface area contributed by atoms with E-state index in [0.717, 1.165) is 12.1 Å². The highest BCUT2D eigenvalue weighted by Gasteiger charge is 2.21. The largest absolute Gasteiger partial charge is 0.508 e. The van der Waals surface area contributed by atoms with E-state index < -0.39 is 29.3 Å². The summed E-state index contributed by atoms with van der Waals surface area (Å²) in [6.07, 6.45) is 0. The molecule has 2 aromatic rings. The fraction of sp³-hybridized carbons (Fsp3) is 0.294. The van der Waals surface area contributed by atoms with Crippen LogP contribution in [0.1, 0.15) is 34.6 Å². The number of hydrazine groups is 1. The zero-order valence-corrected chi connectivity index (χ0v) is 15.5. The van der Waals surface area contributed by atoms with Crippen molar-refractivity contribution in [2.45, 2.75) is 19.9 Å². The van der Waals surface area contributed by atoms with Crippen LogP contribution in [-0.2, 0) is 9.53 Å². The highest BCUT2D eigenvalue weighted by Crippen LogP contribution is 2.24. The molecule has 0 aliphatic rings. The average molecular weight is 394 g/mol. The van der Waals surface area contributed by atoms with Gasteiger partial charge in [0.1, 0.15) is 22.9 Å². The molecule has 0 saturated heterocycles. The summed E-state index contributed by atoms with van der Waals surface area (Å²) < 4.78 is 9.87. The number of Topliss-reactive ketones (excluding diaryl/α,β-unsaturated/α-hetero) is 1. The maximum Gasteiger partial charge on any atom is 0.347 e. The lowest BCUT2D eigenvalue weighted by Crippen LogP contribution is -2.49. The maximum atomic E-state index is 12.5. The van der Waals surface area contributed by atoms with Crippen LogP contribution >= 0.6 is 12.6 Å². The molecule has 0 aliphatic carbocycles. The number of hydrogen-bond acceptors (Lipinski definition) is 9. The van der Waals surface area contributed by atoms with Crippen molar-refractivity contribution in [2.24, 2.45) is 0 Å². The van der Waals surface area contributed by atoms with Crippen molar-refractivity contribution in [3.63, 3.8) is 0 Å². The Balaban J connectivity index is 2.37. The predicted molar refractivity (Wildman–Crippen MR) is 99.0 cm³/mol. The Kier molecular flexibility index (Phi) is 6.59. The molecule has 9 nitrogen and oxygen atoms in total. The van der Waals surface area contributed by atoms with E-state index in [1.165, 1.54) is 13.0 Å². The smallest absolute Gasteiger partial charge is 0.347 e. The van der Waals surface area contributed by atoms with E-state index in [1.54, 1.807) is 6.92 Å². The molecular weight excluding hydrogens is 376 g/mol. The van der Waals surface area contributed by atoms with Gasteiger partial charge in [-0.3, -0.25) is 19.8 Å². The number of esters is 1. The molecule has 1 heterocycles. The molecule has 0 bridgehead atoms. The van der Waals surface area contributed by atoms with Gasteiger partial charge < -0.3 is 14.3 Å². The summed E-state index contributed by atoms with van der Waals surface area (Å²) in [6.45, 7) is 3.00. The zero-order chi connectivity index (χ0) is 20.1. The van der Waals surface area contributed by atoms with E-state index in [-0.39, 0.29) is 40.2 Å². The van der Waals surface area contributed by atoms with Gasteiger partial charge in [0.15, 0.2) is 5.78 Å². The van der Waals surface area contributed by atoms with Crippen LogP contribution in [0.2, 0.25) is 0 Å². The van der Waals surface area contributed by atoms with Crippen LogP contribution in [0, 0.1) is 0 Å². The number of phenolic OH excluding ortho intramolecular Hbond substituents is 1. The second-order valence-electron chi connectivity index (χ2n) is 5.49. The zero-order valence-electron chi connectivity index (χ0n) is 14.6. The molecule has 2 rings (SSSR count). The van der Waals surface area contributed by atoms with E-state index in [4.69, 9.17) is 9.15 Å². The standard InChI is InChI=1S/C17H18N2O7S/c1-3-25-17(24)13(7-27)18-19-15(22)12-4-9(21)5-14-11(12)6-10(8(2)20)16(23)26-14/h4-6,13,18,21,27H,3,7H2,1-2H3,(H,19,22)/t13-/m0/s1. The van der Waals surface area contributed by atoms with E-state index in [9.17, 15) is 24.3 Å². The van der Waals surface area contributed by atoms with Crippen LogP contribution < -0.4 is 16.5 Å². The molecule has 1 aromatic heterocycles. The number of ether oxygens (including phenoxy) is 1. The number of carbonyl (C=O) groups is 3. The topological polar surface area (TPSA) is 135 Å². The number of thiol groups is 1. The van der Waals surface area contributed by atoms with E-state index in [0.29, 0.717) is 0 Å². The van der Waals surface area contributed by atoms with Gasteiger partial charge in [0.05, 0.1) is 12.2 Å². The summed E-state index contributed by atoms with van der Waals surface area (Å²) in [5.41, 5.74) is 3.58. The lowest BCUT2D eigenvalue weighted by Gasteiger charge is -2.16. The van der Waals surface area contributed by atoms with Gasteiger partial charge in [-0.2, -0.15) is 12.6 Å². The Morgan fingerprint density at radius 1 is 1.26 bits per heavy atom. The number of benzene rings is 1. The second-order valence-corrected chi connectivity index (χ2v) is 5.86. The summed E-state index contributed by atoms with van der Waals surface area (Å²) in [5, 5.41) is 9.94. The van der Waals surface area contributed by atoms with Crippen LogP contribution in [0.25, 0.3) is 11.0 Å². The number of amides is 1. The minimum Gasteiger partial charge on any atom is -0.508 e. The molecular formula is C17H18N2O7S. The fourth-order valence-electron chi connectivity index (χ4n) is 2.28. The lowest BCUT2D eigenvalue weighted by molar-refractivity contribution is -0.145. The highest BCUT2D eigenvalue weighted by molar-refractivity contribution is 7.80. The highest BCUT2D eigenvalue weighted by atomic mass is 32.1. The van der Waals surface area contributed by atoms with Gasteiger partial charge >= 0.3 is 11.6 Å². The van der Waals surface area contributed by atoms with Crippen LogP contribution in [-0.4, -0.2) is 41.2 Å².